The highest BCUT2D eigenvalue weighted by molar-refractivity contribution is 5.79. The van der Waals surface area contributed by atoms with Crippen molar-refractivity contribution in [1.29, 1.82) is 0 Å². The molecule has 7 heteroatoms. The molecule has 0 saturated carbocycles. The summed E-state index contributed by atoms with van der Waals surface area (Å²) >= 11 is 0. The number of aryl methyl sites for hydroxylation is 1. The van der Waals surface area contributed by atoms with E-state index in [0.29, 0.717) is 32.0 Å². The number of nitrogens with zero attached hydrogens (tertiary/aromatic N) is 4. The fourth-order valence-electron chi connectivity index (χ4n) is 3.13. The summed E-state index contributed by atoms with van der Waals surface area (Å²) in [6.45, 7) is 3.44. The molecular weight excluding hydrogens is 364 g/mol. The largest absolute Gasteiger partial charge is 0.383 e. The van der Waals surface area contributed by atoms with E-state index in [1.165, 1.54) is 6.33 Å². The molecular formula is C22H28N6O. The molecule has 1 aromatic heterocycles. The maximum absolute atomic E-state index is 11.6. The van der Waals surface area contributed by atoms with Gasteiger partial charge < -0.3 is 15.7 Å². The molecule has 2 aromatic carbocycles. The third kappa shape index (κ3) is 5.65. The van der Waals surface area contributed by atoms with Crippen LogP contribution < -0.4 is 10.6 Å². The summed E-state index contributed by atoms with van der Waals surface area (Å²) in [7, 11) is 1.84. The average Bonchev–Trinajstić information content (AvgIpc) is 3.16. The van der Waals surface area contributed by atoms with E-state index in [4.69, 9.17) is 0 Å². The van der Waals surface area contributed by atoms with E-state index in [9.17, 15) is 5.11 Å². The SMILES string of the molecule is CCNC(=NCc1ncnn1C)NCC(O)(Cc1ccccc1)c1ccccc1. The number of aliphatic hydroxyl groups is 1. The van der Waals surface area contributed by atoms with E-state index in [0.717, 1.165) is 17.0 Å². The number of hydrogen-bond donors (Lipinski definition) is 3. The smallest absolute Gasteiger partial charge is 0.191 e. The lowest BCUT2D eigenvalue weighted by atomic mass is 9.87. The van der Waals surface area contributed by atoms with Crippen molar-refractivity contribution in [2.75, 3.05) is 13.1 Å². The van der Waals surface area contributed by atoms with Crippen molar-refractivity contribution < 1.29 is 5.11 Å². The van der Waals surface area contributed by atoms with Crippen molar-refractivity contribution in [3.05, 3.63) is 83.9 Å². The zero-order valence-corrected chi connectivity index (χ0v) is 16.9. The van der Waals surface area contributed by atoms with Crippen LogP contribution in [0.5, 0.6) is 0 Å². The van der Waals surface area contributed by atoms with Crippen LogP contribution in [0.2, 0.25) is 0 Å². The van der Waals surface area contributed by atoms with E-state index in [1.807, 2.05) is 74.6 Å². The number of rotatable bonds is 8. The first-order chi connectivity index (χ1) is 14.1. The highest BCUT2D eigenvalue weighted by Gasteiger charge is 2.29. The van der Waals surface area contributed by atoms with Gasteiger partial charge in [-0.3, -0.25) is 4.68 Å². The number of hydrogen-bond acceptors (Lipinski definition) is 4. The van der Waals surface area contributed by atoms with Crippen molar-refractivity contribution >= 4 is 5.96 Å². The molecule has 0 bridgehead atoms. The Balaban J connectivity index is 1.77. The number of benzene rings is 2. The molecule has 0 amide bonds. The predicted octanol–water partition coefficient (Wildman–Crippen LogP) is 2.00. The summed E-state index contributed by atoms with van der Waals surface area (Å²) in [6, 6.07) is 19.8. The van der Waals surface area contributed by atoms with Gasteiger partial charge in [-0.2, -0.15) is 5.10 Å². The molecule has 29 heavy (non-hydrogen) atoms. The molecule has 0 spiro atoms. The quantitative estimate of drug-likeness (QED) is 0.403. The second-order valence-corrected chi connectivity index (χ2v) is 6.91. The molecule has 0 radical (unpaired) electrons. The summed E-state index contributed by atoms with van der Waals surface area (Å²) in [4.78, 5) is 8.78. The van der Waals surface area contributed by atoms with Gasteiger partial charge in [0.2, 0.25) is 0 Å². The van der Waals surface area contributed by atoms with Crippen LogP contribution in [-0.4, -0.2) is 38.9 Å². The second kappa shape index (κ2) is 9.84. The van der Waals surface area contributed by atoms with Crippen molar-refractivity contribution in [3.8, 4) is 0 Å². The van der Waals surface area contributed by atoms with Gasteiger partial charge in [0.05, 0.1) is 6.54 Å². The van der Waals surface area contributed by atoms with Crippen LogP contribution in [0.15, 0.2) is 72.0 Å². The van der Waals surface area contributed by atoms with E-state index < -0.39 is 5.60 Å². The minimum atomic E-state index is -1.08. The fraction of sp³-hybridized carbons (Fsp3) is 0.318. The molecule has 1 atom stereocenters. The monoisotopic (exact) mass is 392 g/mol. The van der Waals surface area contributed by atoms with Gasteiger partial charge in [0.15, 0.2) is 5.96 Å². The van der Waals surface area contributed by atoms with Crippen LogP contribution in [-0.2, 0) is 25.6 Å². The summed E-state index contributed by atoms with van der Waals surface area (Å²) in [5, 5.41) is 22.2. The molecule has 152 valence electrons. The number of guanidine groups is 1. The van der Waals surface area contributed by atoms with Gasteiger partial charge in [-0.15, -0.1) is 0 Å². The third-order valence-electron chi connectivity index (χ3n) is 4.73. The van der Waals surface area contributed by atoms with Crippen molar-refractivity contribution in [1.82, 2.24) is 25.4 Å². The Morgan fingerprint density at radius 1 is 1.07 bits per heavy atom. The Kier molecular flexibility index (Phi) is 6.97. The highest BCUT2D eigenvalue weighted by Crippen LogP contribution is 2.25. The highest BCUT2D eigenvalue weighted by atomic mass is 16.3. The first-order valence-electron chi connectivity index (χ1n) is 9.77. The Bertz CT molecular complexity index is 909. The van der Waals surface area contributed by atoms with Gasteiger partial charge in [-0.1, -0.05) is 60.7 Å². The van der Waals surface area contributed by atoms with Gasteiger partial charge in [0, 0.05) is 20.0 Å². The molecule has 0 saturated heterocycles. The molecule has 7 nitrogen and oxygen atoms in total. The van der Waals surface area contributed by atoms with Crippen molar-refractivity contribution in [3.63, 3.8) is 0 Å². The van der Waals surface area contributed by atoms with Crippen LogP contribution in [0.3, 0.4) is 0 Å². The predicted molar refractivity (Wildman–Crippen MR) is 114 cm³/mol. The Morgan fingerprint density at radius 3 is 2.38 bits per heavy atom. The van der Waals surface area contributed by atoms with Crippen LogP contribution in [0, 0.1) is 0 Å². The van der Waals surface area contributed by atoms with Gasteiger partial charge in [-0.25, -0.2) is 9.98 Å². The van der Waals surface area contributed by atoms with E-state index in [1.54, 1.807) is 4.68 Å². The number of nitrogens with one attached hydrogen (secondary N) is 2. The van der Waals surface area contributed by atoms with Gasteiger partial charge in [0.1, 0.15) is 24.3 Å². The van der Waals surface area contributed by atoms with E-state index in [-0.39, 0.29) is 0 Å². The first kappa shape index (κ1) is 20.5. The van der Waals surface area contributed by atoms with Crippen molar-refractivity contribution in [2.45, 2.75) is 25.5 Å². The molecule has 3 aromatic rings. The zero-order chi connectivity index (χ0) is 20.5. The molecule has 3 N–H and O–H groups in total. The summed E-state index contributed by atoms with van der Waals surface area (Å²) < 4.78 is 1.70. The molecule has 1 unspecified atom stereocenters. The average molecular weight is 393 g/mol. The summed E-state index contributed by atoms with van der Waals surface area (Å²) in [5.74, 6) is 1.39. The lowest BCUT2D eigenvalue weighted by Crippen LogP contribution is -2.46. The van der Waals surface area contributed by atoms with E-state index >= 15 is 0 Å². The minimum absolute atomic E-state index is 0.316. The van der Waals surface area contributed by atoms with Crippen LogP contribution in [0.25, 0.3) is 0 Å². The summed E-state index contributed by atoms with van der Waals surface area (Å²) in [5.41, 5.74) is 0.853. The third-order valence-corrected chi connectivity index (χ3v) is 4.73. The van der Waals surface area contributed by atoms with Gasteiger partial charge in [0.25, 0.3) is 0 Å². The Morgan fingerprint density at radius 2 is 1.76 bits per heavy atom. The normalized spacial score (nSPS) is 13.7. The zero-order valence-electron chi connectivity index (χ0n) is 16.9. The Hall–Kier alpha value is -3.19. The van der Waals surface area contributed by atoms with Crippen molar-refractivity contribution in [2.24, 2.45) is 12.0 Å². The Labute approximate surface area is 171 Å². The van der Waals surface area contributed by atoms with Gasteiger partial charge >= 0.3 is 0 Å². The van der Waals surface area contributed by atoms with Crippen LogP contribution in [0.4, 0.5) is 0 Å². The summed E-state index contributed by atoms with van der Waals surface area (Å²) in [6.07, 6.45) is 2.01. The number of aliphatic imine (C=N–C) groups is 1. The fourth-order valence-corrected chi connectivity index (χ4v) is 3.13. The second-order valence-electron chi connectivity index (χ2n) is 6.91. The molecule has 1 heterocycles. The maximum Gasteiger partial charge on any atom is 0.191 e. The number of aromatic nitrogens is 3. The minimum Gasteiger partial charge on any atom is -0.383 e. The lowest BCUT2D eigenvalue weighted by molar-refractivity contribution is 0.0414. The maximum atomic E-state index is 11.6. The first-order valence-corrected chi connectivity index (χ1v) is 9.77. The molecule has 0 aliphatic rings. The lowest BCUT2D eigenvalue weighted by Gasteiger charge is -2.30. The van der Waals surface area contributed by atoms with Crippen LogP contribution in [0.1, 0.15) is 23.9 Å². The van der Waals surface area contributed by atoms with E-state index in [2.05, 4.69) is 25.7 Å². The van der Waals surface area contributed by atoms with Gasteiger partial charge in [-0.05, 0) is 18.1 Å². The topological polar surface area (TPSA) is 87.4 Å². The molecule has 0 fully saturated rings. The molecule has 0 aliphatic heterocycles. The standard InChI is InChI=1S/C22H28N6O/c1-3-23-21(24-15-20-26-17-27-28(20)2)25-16-22(29,19-12-8-5-9-13-19)14-18-10-6-4-7-11-18/h4-13,17,29H,3,14-16H2,1-2H3,(H2,23,24,25). The van der Waals surface area contributed by atoms with Crippen LogP contribution >= 0.6 is 0 Å². The molecule has 0 aliphatic carbocycles. The molecule has 3 rings (SSSR count).